The number of carbonyl (C=O) groups excluding carboxylic acids is 3. The molecule has 0 aromatic carbocycles. The van der Waals surface area contributed by atoms with Gasteiger partial charge in [0.15, 0.2) is 6.10 Å². The van der Waals surface area contributed by atoms with Gasteiger partial charge in [-0.3, -0.25) is 14.4 Å². The van der Waals surface area contributed by atoms with Crippen molar-refractivity contribution in [1.82, 2.24) is 0 Å². The van der Waals surface area contributed by atoms with Crippen molar-refractivity contribution in [3.8, 4) is 0 Å². The zero-order valence-corrected chi connectivity index (χ0v) is 53.4. The van der Waals surface area contributed by atoms with E-state index in [4.69, 9.17) is 14.2 Å². The summed E-state index contributed by atoms with van der Waals surface area (Å²) in [6, 6.07) is 0. The minimum atomic E-state index is -0.769. The molecule has 464 valence electrons. The van der Waals surface area contributed by atoms with Gasteiger partial charge in [0.25, 0.3) is 0 Å². The standard InChI is InChI=1S/C73H136O6/c1-4-7-10-13-16-19-21-23-25-27-29-31-33-35-36-38-39-41-43-45-47-49-51-54-57-60-63-66-72(75)78-69-70(68-77-71(74)65-62-59-56-53-18-15-12-9-6-3)79-73(76)67-64-61-58-55-52-50-48-46-44-42-40-37-34-32-30-28-26-24-22-20-17-14-11-8-5-2/h22,24,27-30,70H,4-21,23,25-26,31-69H2,1-3H3/b24-22-,29-27-,30-28-. The Bertz CT molecular complexity index is 1320. The van der Waals surface area contributed by atoms with Crippen LogP contribution in [0, 0.1) is 0 Å². The fraction of sp³-hybridized carbons (Fsp3) is 0.877. The van der Waals surface area contributed by atoms with Crippen molar-refractivity contribution in [2.24, 2.45) is 0 Å². The first-order valence-corrected chi connectivity index (χ1v) is 35.5. The van der Waals surface area contributed by atoms with E-state index >= 15 is 0 Å². The Morgan fingerprint density at radius 1 is 0.253 bits per heavy atom. The van der Waals surface area contributed by atoms with Gasteiger partial charge in [0.05, 0.1) is 0 Å². The average Bonchev–Trinajstić information content (AvgIpc) is 3.45. The van der Waals surface area contributed by atoms with Gasteiger partial charge in [0.1, 0.15) is 13.2 Å². The third-order valence-electron chi connectivity index (χ3n) is 16.1. The minimum absolute atomic E-state index is 0.0670. The van der Waals surface area contributed by atoms with Crippen molar-refractivity contribution in [1.29, 1.82) is 0 Å². The smallest absolute Gasteiger partial charge is 0.306 e. The molecule has 79 heavy (non-hydrogen) atoms. The first-order chi connectivity index (χ1) is 39.0. The molecule has 0 saturated carbocycles. The molecule has 0 N–H and O–H groups in total. The van der Waals surface area contributed by atoms with E-state index in [1.807, 2.05) is 0 Å². The Labute approximate surface area is 493 Å². The molecule has 0 aliphatic heterocycles. The van der Waals surface area contributed by atoms with Crippen molar-refractivity contribution in [3.63, 3.8) is 0 Å². The van der Waals surface area contributed by atoms with Crippen molar-refractivity contribution in [2.45, 2.75) is 399 Å². The maximum Gasteiger partial charge on any atom is 0.306 e. The fourth-order valence-corrected chi connectivity index (χ4v) is 10.8. The van der Waals surface area contributed by atoms with Gasteiger partial charge in [-0.15, -0.1) is 0 Å². The van der Waals surface area contributed by atoms with Crippen LogP contribution in [0.3, 0.4) is 0 Å². The summed E-state index contributed by atoms with van der Waals surface area (Å²) in [6.07, 6.45) is 84.8. The van der Waals surface area contributed by atoms with E-state index in [9.17, 15) is 14.4 Å². The monoisotopic (exact) mass is 1110 g/mol. The molecule has 0 aromatic heterocycles. The Hall–Kier alpha value is -2.37. The van der Waals surface area contributed by atoms with E-state index in [1.165, 1.54) is 289 Å². The first kappa shape index (κ1) is 76.6. The SMILES string of the molecule is CCCCCCC/C=C\C/C=C\CCCCCCCCCCCCCCCC(=O)OC(COC(=O)CCCCCCCCCCC)COC(=O)CCCCCCCCCCCCCCCCC/C=C\CCCCCCCCCC. The van der Waals surface area contributed by atoms with Crippen LogP contribution in [0.25, 0.3) is 0 Å². The highest BCUT2D eigenvalue weighted by Crippen LogP contribution is 2.18. The quantitative estimate of drug-likeness (QED) is 0.0261. The fourth-order valence-electron chi connectivity index (χ4n) is 10.8. The number of ether oxygens (including phenoxy) is 3. The number of allylic oxidation sites excluding steroid dienone is 6. The molecule has 0 radical (unpaired) electrons. The Morgan fingerprint density at radius 3 is 0.709 bits per heavy atom. The lowest BCUT2D eigenvalue weighted by Crippen LogP contribution is -2.30. The lowest BCUT2D eigenvalue weighted by atomic mass is 10.0. The van der Waals surface area contributed by atoms with E-state index in [0.29, 0.717) is 19.3 Å². The highest BCUT2D eigenvalue weighted by atomic mass is 16.6. The number of unbranched alkanes of at least 4 members (excludes halogenated alkanes) is 49. The molecule has 0 aliphatic rings. The summed E-state index contributed by atoms with van der Waals surface area (Å²) in [5.41, 5.74) is 0. The van der Waals surface area contributed by atoms with E-state index < -0.39 is 6.10 Å². The number of hydrogen-bond donors (Lipinski definition) is 0. The molecular weight excluding hydrogens is 973 g/mol. The summed E-state index contributed by atoms with van der Waals surface area (Å²) < 4.78 is 16.9. The maximum atomic E-state index is 12.9. The lowest BCUT2D eigenvalue weighted by molar-refractivity contribution is -0.167. The molecule has 0 aromatic rings. The van der Waals surface area contributed by atoms with E-state index in [2.05, 4.69) is 57.2 Å². The van der Waals surface area contributed by atoms with Crippen molar-refractivity contribution >= 4 is 17.9 Å². The number of esters is 3. The van der Waals surface area contributed by atoms with Gasteiger partial charge in [0, 0.05) is 19.3 Å². The van der Waals surface area contributed by atoms with E-state index in [0.717, 1.165) is 64.2 Å². The van der Waals surface area contributed by atoms with Crippen LogP contribution in [0.5, 0.6) is 0 Å². The number of hydrogen-bond acceptors (Lipinski definition) is 6. The van der Waals surface area contributed by atoms with Crippen LogP contribution < -0.4 is 0 Å². The molecule has 0 rings (SSSR count). The summed E-state index contributed by atoms with van der Waals surface area (Å²) in [4.78, 5) is 38.3. The maximum absolute atomic E-state index is 12.9. The predicted octanol–water partition coefficient (Wildman–Crippen LogP) is 24.3. The van der Waals surface area contributed by atoms with Crippen LogP contribution in [0.15, 0.2) is 36.5 Å². The second-order valence-corrected chi connectivity index (χ2v) is 24.1. The third-order valence-corrected chi connectivity index (χ3v) is 16.1. The summed E-state index contributed by atoms with van der Waals surface area (Å²) in [5, 5.41) is 0. The second-order valence-electron chi connectivity index (χ2n) is 24.1. The van der Waals surface area contributed by atoms with Crippen molar-refractivity contribution in [2.75, 3.05) is 13.2 Å². The Balaban J connectivity index is 4.11. The van der Waals surface area contributed by atoms with Crippen molar-refractivity contribution in [3.05, 3.63) is 36.5 Å². The molecule has 1 unspecified atom stereocenters. The van der Waals surface area contributed by atoms with Crippen LogP contribution in [-0.4, -0.2) is 37.2 Å². The molecule has 0 spiro atoms. The average molecular weight is 1110 g/mol. The molecule has 6 heteroatoms. The van der Waals surface area contributed by atoms with Crippen LogP contribution in [-0.2, 0) is 28.6 Å². The molecule has 0 aliphatic carbocycles. The lowest BCUT2D eigenvalue weighted by Gasteiger charge is -2.18. The van der Waals surface area contributed by atoms with Gasteiger partial charge in [0.2, 0.25) is 0 Å². The molecule has 0 saturated heterocycles. The van der Waals surface area contributed by atoms with Gasteiger partial charge in [-0.25, -0.2) is 0 Å². The number of carbonyl (C=O) groups is 3. The largest absolute Gasteiger partial charge is 0.462 e. The highest BCUT2D eigenvalue weighted by Gasteiger charge is 2.19. The third kappa shape index (κ3) is 66.3. The summed E-state index contributed by atoms with van der Waals surface area (Å²) in [6.45, 7) is 6.68. The molecule has 6 nitrogen and oxygen atoms in total. The van der Waals surface area contributed by atoms with Gasteiger partial charge in [-0.2, -0.15) is 0 Å². The van der Waals surface area contributed by atoms with Gasteiger partial charge in [-0.05, 0) is 77.0 Å². The topological polar surface area (TPSA) is 78.9 Å². The van der Waals surface area contributed by atoms with Crippen LogP contribution in [0.2, 0.25) is 0 Å². The predicted molar refractivity (Wildman–Crippen MR) is 344 cm³/mol. The summed E-state index contributed by atoms with van der Waals surface area (Å²) >= 11 is 0. The minimum Gasteiger partial charge on any atom is -0.462 e. The van der Waals surface area contributed by atoms with Crippen LogP contribution in [0.4, 0.5) is 0 Å². The molecule has 0 fully saturated rings. The van der Waals surface area contributed by atoms with Gasteiger partial charge in [-0.1, -0.05) is 333 Å². The molecule has 0 heterocycles. The van der Waals surface area contributed by atoms with Crippen LogP contribution >= 0.6 is 0 Å². The summed E-state index contributed by atoms with van der Waals surface area (Å²) in [5.74, 6) is -0.844. The molecule has 0 bridgehead atoms. The first-order valence-electron chi connectivity index (χ1n) is 35.5. The van der Waals surface area contributed by atoms with Crippen molar-refractivity contribution < 1.29 is 28.6 Å². The molecule has 1 atom stereocenters. The molecule has 0 amide bonds. The summed E-state index contributed by atoms with van der Waals surface area (Å²) in [7, 11) is 0. The van der Waals surface area contributed by atoms with Gasteiger partial charge >= 0.3 is 17.9 Å². The second kappa shape index (κ2) is 68.1. The Kier molecular flexibility index (Phi) is 66.1. The Morgan fingerprint density at radius 2 is 0.456 bits per heavy atom. The van der Waals surface area contributed by atoms with Gasteiger partial charge < -0.3 is 14.2 Å². The van der Waals surface area contributed by atoms with E-state index in [1.54, 1.807) is 0 Å². The zero-order chi connectivity index (χ0) is 57.1. The molecular formula is C73H136O6. The normalized spacial score (nSPS) is 12.2. The highest BCUT2D eigenvalue weighted by molar-refractivity contribution is 5.71. The number of rotatable bonds is 66. The van der Waals surface area contributed by atoms with Crippen LogP contribution in [0.1, 0.15) is 393 Å². The van der Waals surface area contributed by atoms with E-state index in [-0.39, 0.29) is 31.1 Å². The zero-order valence-electron chi connectivity index (χ0n) is 53.4.